The summed E-state index contributed by atoms with van der Waals surface area (Å²) in [4.78, 5) is 14.9. The second kappa shape index (κ2) is 4.72. The molecule has 0 spiro atoms. The average Bonchev–Trinajstić information content (AvgIpc) is 2.15. The van der Waals surface area contributed by atoms with Crippen molar-refractivity contribution < 1.29 is 9.90 Å². The molecule has 2 N–H and O–H groups in total. The Hall–Kier alpha value is -1.42. The average molecular weight is 194 g/mol. The summed E-state index contributed by atoms with van der Waals surface area (Å²) in [7, 11) is 0. The summed E-state index contributed by atoms with van der Waals surface area (Å²) < 4.78 is 0. The fraction of sp³-hybridized carbons (Fsp3) is 0.400. The van der Waals surface area contributed by atoms with E-state index in [-0.39, 0.29) is 0 Å². The number of carboxylic acid groups (broad SMARTS) is 1. The zero-order chi connectivity index (χ0) is 10.6. The van der Waals surface area contributed by atoms with Crippen LogP contribution in [0.2, 0.25) is 0 Å². The number of rotatable bonds is 4. The Bertz CT molecular complexity index is 308. The summed E-state index contributed by atoms with van der Waals surface area (Å²) in [5, 5.41) is 11.8. The van der Waals surface area contributed by atoms with Crippen molar-refractivity contribution in [2.75, 3.05) is 6.54 Å². The van der Waals surface area contributed by atoms with Crippen molar-refractivity contribution >= 4 is 5.97 Å². The Balaban J connectivity index is 2.87. The Labute approximate surface area is 83.0 Å². The lowest BCUT2D eigenvalue weighted by atomic mass is 10.1. The summed E-state index contributed by atoms with van der Waals surface area (Å²) in [6.45, 7) is 4.36. The van der Waals surface area contributed by atoms with Gasteiger partial charge in [-0.3, -0.25) is 9.78 Å². The first-order chi connectivity index (χ1) is 6.65. The number of nitrogens with zero attached hydrogens (tertiary/aromatic N) is 1. The number of nitrogens with one attached hydrogen (secondary N) is 1. The van der Waals surface area contributed by atoms with Gasteiger partial charge in [0.1, 0.15) is 6.04 Å². The fourth-order valence-electron chi connectivity index (χ4n) is 1.20. The fourth-order valence-corrected chi connectivity index (χ4v) is 1.20. The minimum Gasteiger partial charge on any atom is -0.480 e. The van der Waals surface area contributed by atoms with Crippen LogP contribution in [-0.4, -0.2) is 22.6 Å². The highest BCUT2D eigenvalue weighted by molar-refractivity contribution is 5.75. The second-order valence-electron chi connectivity index (χ2n) is 3.06. The zero-order valence-electron chi connectivity index (χ0n) is 8.32. The molecule has 0 amide bonds. The van der Waals surface area contributed by atoms with Crippen LogP contribution in [0.25, 0.3) is 0 Å². The first-order valence-corrected chi connectivity index (χ1v) is 4.54. The summed E-state index contributed by atoms with van der Waals surface area (Å²) in [5.74, 6) is -0.877. The van der Waals surface area contributed by atoms with Gasteiger partial charge < -0.3 is 10.4 Å². The lowest BCUT2D eigenvalue weighted by Crippen LogP contribution is -2.28. The molecule has 14 heavy (non-hydrogen) atoms. The van der Waals surface area contributed by atoms with Crippen LogP contribution in [0.1, 0.15) is 24.2 Å². The zero-order valence-corrected chi connectivity index (χ0v) is 8.32. The molecule has 1 heterocycles. The van der Waals surface area contributed by atoms with Crippen molar-refractivity contribution in [3.8, 4) is 0 Å². The minimum absolute atomic E-state index is 0.616. The van der Waals surface area contributed by atoms with E-state index in [4.69, 9.17) is 5.11 Å². The molecule has 0 bridgehead atoms. The second-order valence-corrected chi connectivity index (χ2v) is 3.06. The standard InChI is InChI=1S/C10H14N2O2/c1-3-11-9(10(13)14)8-5-4-7(2)12-6-8/h4-6,9,11H,3H2,1-2H3,(H,13,14). The molecule has 0 saturated heterocycles. The summed E-state index contributed by atoms with van der Waals surface area (Å²) >= 11 is 0. The van der Waals surface area contributed by atoms with E-state index in [1.807, 2.05) is 19.9 Å². The molecular weight excluding hydrogens is 180 g/mol. The first kappa shape index (κ1) is 10.7. The van der Waals surface area contributed by atoms with E-state index >= 15 is 0 Å². The Morgan fingerprint density at radius 3 is 2.79 bits per heavy atom. The van der Waals surface area contributed by atoms with Crippen molar-refractivity contribution in [3.05, 3.63) is 29.6 Å². The summed E-state index contributed by atoms with van der Waals surface area (Å²) in [6, 6.07) is 2.93. The van der Waals surface area contributed by atoms with Crippen LogP contribution in [0.15, 0.2) is 18.3 Å². The molecule has 1 rings (SSSR count). The number of hydrogen-bond acceptors (Lipinski definition) is 3. The first-order valence-electron chi connectivity index (χ1n) is 4.54. The van der Waals surface area contributed by atoms with Crippen LogP contribution in [0.3, 0.4) is 0 Å². The van der Waals surface area contributed by atoms with Crippen LogP contribution in [0.5, 0.6) is 0 Å². The SMILES string of the molecule is CCNC(C(=O)O)c1ccc(C)nc1. The molecule has 0 aliphatic rings. The maximum absolute atomic E-state index is 10.9. The third-order valence-electron chi connectivity index (χ3n) is 1.92. The molecular formula is C10H14N2O2. The van der Waals surface area contributed by atoms with Crippen molar-refractivity contribution in [2.45, 2.75) is 19.9 Å². The van der Waals surface area contributed by atoms with Gasteiger partial charge in [0.15, 0.2) is 0 Å². The smallest absolute Gasteiger partial charge is 0.325 e. The quantitative estimate of drug-likeness (QED) is 0.754. The normalized spacial score (nSPS) is 12.4. The molecule has 4 heteroatoms. The van der Waals surface area contributed by atoms with Gasteiger partial charge in [0, 0.05) is 11.9 Å². The number of carbonyl (C=O) groups is 1. The van der Waals surface area contributed by atoms with Gasteiger partial charge in [0.25, 0.3) is 0 Å². The molecule has 1 atom stereocenters. The lowest BCUT2D eigenvalue weighted by molar-refractivity contribution is -0.139. The Morgan fingerprint density at radius 1 is 1.64 bits per heavy atom. The highest BCUT2D eigenvalue weighted by Crippen LogP contribution is 2.11. The van der Waals surface area contributed by atoms with Gasteiger partial charge in [-0.2, -0.15) is 0 Å². The largest absolute Gasteiger partial charge is 0.480 e. The molecule has 0 saturated carbocycles. The lowest BCUT2D eigenvalue weighted by Gasteiger charge is -2.12. The van der Waals surface area contributed by atoms with Crippen molar-refractivity contribution in [1.29, 1.82) is 0 Å². The predicted octanol–water partition coefficient (Wildman–Crippen LogP) is 1.13. The van der Waals surface area contributed by atoms with E-state index in [0.29, 0.717) is 12.1 Å². The van der Waals surface area contributed by atoms with Crippen molar-refractivity contribution in [3.63, 3.8) is 0 Å². The van der Waals surface area contributed by atoms with E-state index < -0.39 is 12.0 Å². The topological polar surface area (TPSA) is 62.2 Å². The summed E-state index contributed by atoms with van der Waals surface area (Å²) in [6.07, 6.45) is 1.59. The van der Waals surface area contributed by atoms with Crippen molar-refractivity contribution in [2.24, 2.45) is 0 Å². The number of carboxylic acids is 1. The molecule has 0 aliphatic carbocycles. The summed E-state index contributed by atoms with van der Waals surface area (Å²) in [5.41, 5.74) is 1.57. The van der Waals surface area contributed by atoms with Crippen LogP contribution >= 0.6 is 0 Å². The number of aryl methyl sites for hydroxylation is 1. The Morgan fingerprint density at radius 2 is 2.36 bits per heavy atom. The number of hydrogen-bond donors (Lipinski definition) is 2. The van der Waals surface area contributed by atoms with Gasteiger partial charge in [-0.25, -0.2) is 0 Å². The van der Waals surface area contributed by atoms with Crippen LogP contribution in [0.4, 0.5) is 0 Å². The molecule has 0 fully saturated rings. The monoisotopic (exact) mass is 194 g/mol. The van der Waals surface area contributed by atoms with Gasteiger partial charge in [0.05, 0.1) is 0 Å². The number of pyridine rings is 1. The van der Waals surface area contributed by atoms with Gasteiger partial charge in [-0.1, -0.05) is 13.0 Å². The molecule has 1 aromatic heterocycles. The minimum atomic E-state index is -0.877. The highest BCUT2D eigenvalue weighted by Gasteiger charge is 2.17. The van der Waals surface area contributed by atoms with Gasteiger partial charge in [-0.15, -0.1) is 0 Å². The van der Waals surface area contributed by atoms with E-state index in [1.165, 1.54) is 0 Å². The van der Waals surface area contributed by atoms with Crippen LogP contribution in [-0.2, 0) is 4.79 Å². The molecule has 76 valence electrons. The molecule has 0 aliphatic heterocycles. The van der Waals surface area contributed by atoms with E-state index in [1.54, 1.807) is 12.3 Å². The Kier molecular flexibility index (Phi) is 3.59. The van der Waals surface area contributed by atoms with Gasteiger partial charge >= 0.3 is 5.97 Å². The third-order valence-corrected chi connectivity index (χ3v) is 1.92. The number of aromatic nitrogens is 1. The van der Waals surface area contributed by atoms with Gasteiger partial charge in [0.2, 0.25) is 0 Å². The van der Waals surface area contributed by atoms with Crippen LogP contribution in [0, 0.1) is 6.92 Å². The van der Waals surface area contributed by atoms with Gasteiger partial charge in [-0.05, 0) is 25.1 Å². The highest BCUT2D eigenvalue weighted by atomic mass is 16.4. The number of aliphatic carboxylic acids is 1. The maximum Gasteiger partial charge on any atom is 0.325 e. The van der Waals surface area contributed by atoms with E-state index in [0.717, 1.165) is 5.69 Å². The molecule has 0 aromatic carbocycles. The molecule has 1 aromatic rings. The number of likely N-dealkylation sites (N-methyl/N-ethyl adjacent to an activating group) is 1. The third kappa shape index (κ3) is 2.53. The maximum atomic E-state index is 10.9. The van der Waals surface area contributed by atoms with E-state index in [9.17, 15) is 4.79 Å². The molecule has 1 unspecified atom stereocenters. The molecule has 4 nitrogen and oxygen atoms in total. The van der Waals surface area contributed by atoms with E-state index in [2.05, 4.69) is 10.3 Å². The van der Waals surface area contributed by atoms with Crippen molar-refractivity contribution in [1.82, 2.24) is 10.3 Å². The predicted molar refractivity (Wildman–Crippen MR) is 53.0 cm³/mol. The molecule has 0 radical (unpaired) electrons. The van der Waals surface area contributed by atoms with Crippen LogP contribution < -0.4 is 5.32 Å².